The molecule has 3 aromatic rings. The lowest BCUT2D eigenvalue weighted by molar-refractivity contribution is -0.0385. The lowest BCUT2D eigenvalue weighted by Crippen LogP contribution is -2.33. The Balaban J connectivity index is 1.54. The number of carbonyl (C=O) groups is 1. The molecule has 0 spiro atoms. The molecular formula is C25H25ClF3N5O. The summed E-state index contributed by atoms with van der Waals surface area (Å²) in [4.78, 5) is 21.4. The number of nitrogens with zero attached hydrogens (tertiary/aromatic N) is 2. The first-order valence-electron chi connectivity index (χ1n) is 11.2. The maximum Gasteiger partial charge on any atom is 0.254 e. The van der Waals surface area contributed by atoms with E-state index < -0.39 is 23.7 Å². The van der Waals surface area contributed by atoms with Gasteiger partial charge in [0.15, 0.2) is 0 Å². The van der Waals surface area contributed by atoms with E-state index in [1.165, 1.54) is 18.3 Å². The molecule has 10 heteroatoms. The van der Waals surface area contributed by atoms with Gasteiger partial charge in [-0.3, -0.25) is 4.79 Å². The fourth-order valence-electron chi connectivity index (χ4n) is 4.24. The summed E-state index contributed by atoms with van der Waals surface area (Å²) in [6.45, 7) is 0.0950. The van der Waals surface area contributed by atoms with E-state index in [0.717, 1.165) is 6.07 Å². The molecule has 1 heterocycles. The van der Waals surface area contributed by atoms with Gasteiger partial charge in [0.2, 0.25) is 5.92 Å². The molecule has 2 aromatic carbocycles. The Labute approximate surface area is 205 Å². The van der Waals surface area contributed by atoms with Gasteiger partial charge in [-0.1, -0.05) is 29.8 Å². The molecule has 0 bridgehead atoms. The summed E-state index contributed by atoms with van der Waals surface area (Å²) in [6, 6.07) is 10.3. The van der Waals surface area contributed by atoms with Crippen LogP contribution >= 0.6 is 11.6 Å². The molecule has 1 saturated carbocycles. The standard InChI is InChI=1S/C25H25ClF3N5O/c26-17-3-1-2-15(10-17)20(12-30)34-24(35)18-5-4-16(11-19(18)27)22-23(31)32-13-21(33-22)14-6-8-25(28,29)9-7-14/h1-5,10-11,13-14,20H,6-9,12,30H2,(H2,31,32)(H,34,35). The molecular weight excluding hydrogens is 479 g/mol. The minimum atomic E-state index is -2.66. The van der Waals surface area contributed by atoms with Crippen LogP contribution in [0.1, 0.15) is 59.3 Å². The summed E-state index contributed by atoms with van der Waals surface area (Å²) in [5.41, 5.74) is 13.4. The molecule has 0 aliphatic heterocycles. The molecule has 6 nitrogen and oxygen atoms in total. The third kappa shape index (κ3) is 5.74. The highest BCUT2D eigenvalue weighted by atomic mass is 35.5. The number of nitrogen functional groups attached to an aromatic ring is 1. The van der Waals surface area contributed by atoms with Crippen LogP contribution in [-0.2, 0) is 0 Å². The van der Waals surface area contributed by atoms with Gasteiger partial charge < -0.3 is 16.8 Å². The van der Waals surface area contributed by atoms with Gasteiger partial charge in [-0.15, -0.1) is 0 Å². The Morgan fingerprint density at radius 1 is 1.20 bits per heavy atom. The molecule has 1 aromatic heterocycles. The number of aromatic nitrogens is 2. The van der Waals surface area contributed by atoms with E-state index in [2.05, 4.69) is 15.3 Å². The topological polar surface area (TPSA) is 107 Å². The number of rotatable bonds is 6. The van der Waals surface area contributed by atoms with Crippen LogP contribution in [0.3, 0.4) is 0 Å². The Morgan fingerprint density at radius 2 is 1.94 bits per heavy atom. The molecule has 0 radical (unpaired) electrons. The van der Waals surface area contributed by atoms with Crippen LogP contribution in [0.5, 0.6) is 0 Å². The van der Waals surface area contributed by atoms with Crippen molar-refractivity contribution in [2.45, 2.75) is 43.6 Å². The first-order valence-corrected chi connectivity index (χ1v) is 11.6. The summed E-state index contributed by atoms with van der Waals surface area (Å²) >= 11 is 6.02. The summed E-state index contributed by atoms with van der Waals surface area (Å²) in [5, 5.41) is 3.21. The lowest BCUT2D eigenvalue weighted by Gasteiger charge is -2.27. The van der Waals surface area contributed by atoms with E-state index in [1.807, 2.05) is 0 Å². The Kier molecular flexibility index (Phi) is 7.28. The number of nitrogens with one attached hydrogen (secondary N) is 1. The second-order valence-corrected chi connectivity index (χ2v) is 9.11. The van der Waals surface area contributed by atoms with Gasteiger partial charge >= 0.3 is 0 Å². The maximum atomic E-state index is 15.0. The van der Waals surface area contributed by atoms with Gasteiger partial charge in [0.1, 0.15) is 17.3 Å². The molecule has 35 heavy (non-hydrogen) atoms. The number of anilines is 1. The van der Waals surface area contributed by atoms with Crippen molar-refractivity contribution in [1.29, 1.82) is 0 Å². The van der Waals surface area contributed by atoms with Crippen molar-refractivity contribution in [1.82, 2.24) is 15.3 Å². The van der Waals surface area contributed by atoms with Crippen LogP contribution in [0, 0.1) is 5.82 Å². The van der Waals surface area contributed by atoms with Gasteiger partial charge in [-0.05, 0) is 42.7 Å². The van der Waals surface area contributed by atoms with Crippen molar-refractivity contribution in [3.05, 3.63) is 76.3 Å². The van der Waals surface area contributed by atoms with Crippen molar-refractivity contribution in [2.75, 3.05) is 12.3 Å². The summed E-state index contributed by atoms with van der Waals surface area (Å²) in [6.07, 6.45) is 1.63. The van der Waals surface area contributed by atoms with E-state index in [-0.39, 0.29) is 55.2 Å². The third-order valence-electron chi connectivity index (χ3n) is 6.23. The van der Waals surface area contributed by atoms with Crippen LogP contribution in [0.2, 0.25) is 5.02 Å². The minimum absolute atomic E-state index is 0.0793. The third-order valence-corrected chi connectivity index (χ3v) is 6.47. The van der Waals surface area contributed by atoms with Crippen molar-refractivity contribution >= 4 is 23.3 Å². The fraction of sp³-hybridized carbons (Fsp3) is 0.320. The molecule has 1 amide bonds. The molecule has 184 valence electrons. The number of carbonyl (C=O) groups excluding carboxylic acids is 1. The number of hydrogen-bond donors (Lipinski definition) is 3. The van der Waals surface area contributed by atoms with Crippen molar-refractivity contribution in [2.24, 2.45) is 5.73 Å². The highest BCUT2D eigenvalue weighted by molar-refractivity contribution is 6.30. The number of hydrogen-bond acceptors (Lipinski definition) is 5. The van der Waals surface area contributed by atoms with Gasteiger partial charge in [-0.2, -0.15) is 0 Å². The van der Waals surface area contributed by atoms with E-state index in [0.29, 0.717) is 21.8 Å². The number of alkyl halides is 2. The highest BCUT2D eigenvalue weighted by Gasteiger charge is 2.36. The monoisotopic (exact) mass is 503 g/mol. The Morgan fingerprint density at radius 3 is 2.60 bits per heavy atom. The quantitative estimate of drug-likeness (QED) is 0.426. The molecule has 1 fully saturated rings. The molecule has 1 atom stereocenters. The zero-order valence-electron chi connectivity index (χ0n) is 18.8. The van der Waals surface area contributed by atoms with E-state index >= 15 is 0 Å². The largest absolute Gasteiger partial charge is 0.382 e. The number of nitrogens with two attached hydrogens (primary N) is 2. The normalized spacial score (nSPS) is 16.6. The number of benzene rings is 2. The molecule has 4 rings (SSSR count). The minimum Gasteiger partial charge on any atom is -0.382 e. The van der Waals surface area contributed by atoms with Crippen molar-refractivity contribution < 1.29 is 18.0 Å². The van der Waals surface area contributed by atoms with Crippen LogP contribution < -0.4 is 16.8 Å². The smallest absolute Gasteiger partial charge is 0.254 e. The maximum absolute atomic E-state index is 15.0. The lowest BCUT2D eigenvalue weighted by atomic mass is 9.85. The molecule has 1 aliphatic carbocycles. The molecule has 1 aliphatic rings. The first kappa shape index (κ1) is 24.9. The number of halogens is 4. The average Bonchev–Trinajstić information content (AvgIpc) is 2.82. The fourth-order valence-corrected chi connectivity index (χ4v) is 4.44. The van der Waals surface area contributed by atoms with Gasteiger partial charge in [0, 0.05) is 35.9 Å². The second-order valence-electron chi connectivity index (χ2n) is 8.67. The van der Waals surface area contributed by atoms with Crippen LogP contribution in [0.15, 0.2) is 48.7 Å². The number of amides is 1. The van der Waals surface area contributed by atoms with Crippen LogP contribution in [-0.4, -0.2) is 28.3 Å². The Bertz CT molecular complexity index is 1230. The summed E-state index contributed by atoms with van der Waals surface area (Å²) in [5.74, 6) is -4.16. The van der Waals surface area contributed by atoms with E-state index in [4.69, 9.17) is 23.1 Å². The summed E-state index contributed by atoms with van der Waals surface area (Å²) in [7, 11) is 0. The van der Waals surface area contributed by atoms with E-state index in [9.17, 15) is 18.0 Å². The van der Waals surface area contributed by atoms with Crippen molar-refractivity contribution in [3.8, 4) is 11.3 Å². The highest BCUT2D eigenvalue weighted by Crippen LogP contribution is 2.40. The SMILES string of the molecule is NCC(NC(=O)c1ccc(-c2nc(C3CCC(F)(F)CC3)cnc2N)cc1F)c1cccc(Cl)c1. The zero-order chi connectivity index (χ0) is 25.2. The molecule has 1 unspecified atom stereocenters. The Hall–Kier alpha value is -3.17. The zero-order valence-corrected chi connectivity index (χ0v) is 19.5. The molecule has 5 N–H and O–H groups in total. The predicted molar refractivity (Wildman–Crippen MR) is 129 cm³/mol. The van der Waals surface area contributed by atoms with Crippen LogP contribution in [0.4, 0.5) is 19.0 Å². The predicted octanol–water partition coefficient (Wildman–Crippen LogP) is 5.24. The second kappa shape index (κ2) is 10.2. The van der Waals surface area contributed by atoms with Crippen molar-refractivity contribution in [3.63, 3.8) is 0 Å². The van der Waals surface area contributed by atoms with Gasteiger partial charge in [-0.25, -0.2) is 23.1 Å². The van der Waals surface area contributed by atoms with Crippen LogP contribution in [0.25, 0.3) is 11.3 Å². The van der Waals surface area contributed by atoms with Gasteiger partial charge in [0.05, 0.1) is 23.5 Å². The first-order chi connectivity index (χ1) is 16.7. The van der Waals surface area contributed by atoms with E-state index in [1.54, 1.807) is 24.3 Å². The van der Waals surface area contributed by atoms with Gasteiger partial charge in [0.25, 0.3) is 5.91 Å². The summed E-state index contributed by atoms with van der Waals surface area (Å²) < 4.78 is 42.0. The average molecular weight is 504 g/mol. The molecule has 0 saturated heterocycles.